The lowest BCUT2D eigenvalue weighted by Gasteiger charge is -1.98. The summed E-state index contributed by atoms with van der Waals surface area (Å²) in [6, 6.07) is 0. The zero-order chi connectivity index (χ0) is 11.5. The van der Waals surface area contributed by atoms with Crippen molar-refractivity contribution >= 4 is 16.5 Å². The van der Waals surface area contributed by atoms with Crippen molar-refractivity contribution in [3.05, 3.63) is 22.7 Å². The van der Waals surface area contributed by atoms with Gasteiger partial charge < -0.3 is 5.73 Å². The topological polar surface area (TPSA) is 69.6 Å². The molecule has 0 aliphatic carbocycles. The van der Waals surface area contributed by atoms with Crippen molar-refractivity contribution in [1.82, 2.24) is 19.7 Å². The van der Waals surface area contributed by atoms with E-state index in [2.05, 4.69) is 15.1 Å². The monoisotopic (exact) mass is 237 g/mol. The summed E-state index contributed by atoms with van der Waals surface area (Å²) in [4.78, 5) is 8.58. The van der Waals surface area contributed by atoms with Gasteiger partial charge in [0.05, 0.1) is 5.69 Å². The number of hydrogen-bond donors (Lipinski definition) is 1. The van der Waals surface area contributed by atoms with Crippen molar-refractivity contribution in [3.63, 3.8) is 0 Å². The SMILES string of the molecule is Cc1nc(CCCc2csc(N)n2)n(C)n1. The average molecular weight is 237 g/mol. The quantitative estimate of drug-likeness (QED) is 0.871. The Morgan fingerprint density at radius 2 is 2.19 bits per heavy atom. The van der Waals surface area contributed by atoms with E-state index in [-0.39, 0.29) is 0 Å². The van der Waals surface area contributed by atoms with Crippen molar-refractivity contribution < 1.29 is 0 Å². The van der Waals surface area contributed by atoms with Gasteiger partial charge >= 0.3 is 0 Å². The maximum atomic E-state index is 5.57. The van der Waals surface area contributed by atoms with Gasteiger partial charge in [-0.25, -0.2) is 9.97 Å². The summed E-state index contributed by atoms with van der Waals surface area (Å²) in [6.07, 6.45) is 2.89. The molecular weight excluding hydrogens is 222 g/mol. The first-order chi connectivity index (χ1) is 7.65. The van der Waals surface area contributed by atoms with E-state index in [1.54, 1.807) is 0 Å². The van der Waals surface area contributed by atoms with Gasteiger partial charge in [0, 0.05) is 18.8 Å². The number of nitrogen functional groups attached to an aromatic ring is 1. The molecule has 0 aromatic carbocycles. The van der Waals surface area contributed by atoms with Gasteiger partial charge in [0.25, 0.3) is 0 Å². The van der Waals surface area contributed by atoms with Crippen LogP contribution in [0.1, 0.15) is 23.8 Å². The Balaban J connectivity index is 1.86. The Hall–Kier alpha value is -1.43. The third-order valence-corrected chi connectivity index (χ3v) is 3.08. The lowest BCUT2D eigenvalue weighted by Crippen LogP contribution is -2.00. The van der Waals surface area contributed by atoms with Crippen molar-refractivity contribution in [2.45, 2.75) is 26.2 Å². The zero-order valence-corrected chi connectivity index (χ0v) is 10.3. The van der Waals surface area contributed by atoms with Crippen LogP contribution in [-0.4, -0.2) is 19.7 Å². The van der Waals surface area contributed by atoms with E-state index < -0.39 is 0 Å². The first kappa shape index (κ1) is 11.1. The second kappa shape index (κ2) is 4.61. The van der Waals surface area contributed by atoms with Crippen molar-refractivity contribution in [2.75, 3.05) is 5.73 Å². The molecule has 0 unspecified atom stereocenters. The third-order valence-electron chi connectivity index (χ3n) is 2.36. The van der Waals surface area contributed by atoms with Gasteiger partial charge in [-0.3, -0.25) is 4.68 Å². The Bertz CT molecular complexity index is 473. The summed E-state index contributed by atoms with van der Waals surface area (Å²) < 4.78 is 1.84. The fourth-order valence-corrected chi connectivity index (χ4v) is 2.24. The first-order valence-corrected chi connectivity index (χ1v) is 6.09. The zero-order valence-electron chi connectivity index (χ0n) is 9.47. The van der Waals surface area contributed by atoms with Crippen LogP contribution >= 0.6 is 11.3 Å². The molecule has 0 spiro atoms. The van der Waals surface area contributed by atoms with E-state index in [4.69, 9.17) is 5.73 Å². The Morgan fingerprint density at radius 3 is 2.75 bits per heavy atom. The van der Waals surface area contributed by atoms with Crippen LogP contribution in [0.3, 0.4) is 0 Å². The first-order valence-electron chi connectivity index (χ1n) is 5.21. The molecule has 86 valence electrons. The van der Waals surface area contributed by atoms with E-state index in [1.165, 1.54) is 11.3 Å². The standard InChI is InChI=1S/C10H15N5S/c1-7-12-9(15(2)14-7)5-3-4-8-6-16-10(11)13-8/h6H,3-5H2,1-2H3,(H2,11,13). The Labute approximate surface area is 98.3 Å². The minimum absolute atomic E-state index is 0.643. The molecule has 0 atom stereocenters. The Kier molecular flexibility index (Phi) is 3.19. The predicted molar refractivity (Wildman–Crippen MR) is 64.3 cm³/mol. The number of thiazole rings is 1. The molecule has 2 heterocycles. The van der Waals surface area contributed by atoms with Crippen LogP contribution in [0.25, 0.3) is 0 Å². The molecule has 2 rings (SSSR count). The minimum atomic E-state index is 0.643. The van der Waals surface area contributed by atoms with Crippen molar-refractivity contribution in [1.29, 1.82) is 0 Å². The van der Waals surface area contributed by atoms with Crippen LogP contribution in [0, 0.1) is 6.92 Å². The minimum Gasteiger partial charge on any atom is -0.375 e. The molecule has 0 aliphatic rings. The number of aryl methyl sites for hydroxylation is 4. The largest absolute Gasteiger partial charge is 0.375 e. The summed E-state index contributed by atoms with van der Waals surface area (Å²) in [5.74, 6) is 1.86. The molecule has 2 aromatic heterocycles. The third kappa shape index (κ3) is 2.57. The van der Waals surface area contributed by atoms with E-state index in [9.17, 15) is 0 Å². The van der Waals surface area contributed by atoms with Crippen LogP contribution < -0.4 is 5.73 Å². The summed E-state index contributed by atoms with van der Waals surface area (Å²) in [6.45, 7) is 1.91. The number of nitrogens with two attached hydrogens (primary N) is 1. The lowest BCUT2D eigenvalue weighted by atomic mass is 10.2. The van der Waals surface area contributed by atoms with Gasteiger partial charge in [-0.2, -0.15) is 5.10 Å². The van der Waals surface area contributed by atoms with Gasteiger partial charge in [-0.05, 0) is 19.8 Å². The molecule has 0 bridgehead atoms. The van der Waals surface area contributed by atoms with Crippen LogP contribution in [0.4, 0.5) is 5.13 Å². The van der Waals surface area contributed by atoms with E-state index in [1.807, 2.05) is 24.0 Å². The van der Waals surface area contributed by atoms with Gasteiger partial charge in [0.2, 0.25) is 0 Å². The second-order valence-electron chi connectivity index (χ2n) is 3.73. The summed E-state index contributed by atoms with van der Waals surface area (Å²) >= 11 is 1.49. The number of hydrogen-bond acceptors (Lipinski definition) is 5. The Morgan fingerprint density at radius 1 is 1.38 bits per heavy atom. The van der Waals surface area contributed by atoms with Gasteiger partial charge in [0.15, 0.2) is 5.13 Å². The van der Waals surface area contributed by atoms with Gasteiger partial charge in [0.1, 0.15) is 11.6 Å². The molecule has 0 saturated heterocycles. The van der Waals surface area contributed by atoms with Crippen LogP contribution in [0.15, 0.2) is 5.38 Å². The average Bonchev–Trinajstić information content (AvgIpc) is 2.74. The van der Waals surface area contributed by atoms with Crippen molar-refractivity contribution in [3.8, 4) is 0 Å². The second-order valence-corrected chi connectivity index (χ2v) is 4.62. The molecule has 2 N–H and O–H groups in total. The highest BCUT2D eigenvalue weighted by Gasteiger charge is 2.04. The maximum absolute atomic E-state index is 5.57. The molecule has 0 amide bonds. The predicted octanol–water partition coefficient (Wildman–Crippen LogP) is 1.34. The molecule has 2 aromatic rings. The van der Waals surface area contributed by atoms with E-state index in [0.717, 1.165) is 36.6 Å². The number of nitrogens with zero attached hydrogens (tertiary/aromatic N) is 4. The highest BCUT2D eigenvalue weighted by atomic mass is 32.1. The molecular formula is C10H15N5S. The number of aromatic nitrogens is 4. The molecule has 6 heteroatoms. The van der Waals surface area contributed by atoms with Crippen LogP contribution in [-0.2, 0) is 19.9 Å². The van der Waals surface area contributed by atoms with Gasteiger partial charge in [-0.1, -0.05) is 0 Å². The van der Waals surface area contributed by atoms with Crippen molar-refractivity contribution in [2.24, 2.45) is 7.05 Å². The molecule has 0 aliphatic heterocycles. The highest BCUT2D eigenvalue weighted by molar-refractivity contribution is 7.13. The highest BCUT2D eigenvalue weighted by Crippen LogP contribution is 2.13. The fraction of sp³-hybridized carbons (Fsp3) is 0.500. The van der Waals surface area contributed by atoms with Crippen LogP contribution in [0.5, 0.6) is 0 Å². The molecule has 16 heavy (non-hydrogen) atoms. The normalized spacial score (nSPS) is 10.9. The summed E-state index contributed by atoms with van der Waals surface area (Å²) in [5.41, 5.74) is 6.64. The number of rotatable bonds is 4. The van der Waals surface area contributed by atoms with Gasteiger partial charge in [-0.15, -0.1) is 11.3 Å². The molecule has 0 fully saturated rings. The lowest BCUT2D eigenvalue weighted by molar-refractivity contribution is 0.666. The fourth-order valence-electron chi connectivity index (χ4n) is 1.64. The van der Waals surface area contributed by atoms with E-state index in [0.29, 0.717) is 5.13 Å². The smallest absolute Gasteiger partial charge is 0.180 e. The van der Waals surface area contributed by atoms with E-state index >= 15 is 0 Å². The maximum Gasteiger partial charge on any atom is 0.180 e. The van der Waals surface area contributed by atoms with Crippen LogP contribution in [0.2, 0.25) is 0 Å². The number of anilines is 1. The molecule has 0 saturated carbocycles. The summed E-state index contributed by atoms with van der Waals surface area (Å²) in [5, 5.41) is 6.87. The molecule has 5 nitrogen and oxygen atoms in total. The summed E-state index contributed by atoms with van der Waals surface area (Å²) in [7, 11) is 1.93. The molecule has 0 radical (unpaired) electrons.